The van der Waals surface area contributed by atoms with Crippen LogP contribution >= 0.6 is 0 Å². The van der Waals surface area contributed by atoms with E-state index in [1.165, 1.54) is 39.1 Å². The molecule has 2 aromatic carbocycles. The van der Waals surface area contributed by atoms with Gasteiger partial charge in [-0.25, -0.2) is 5.06 Å². The SMILES string of the molecule is Cc1cc(C)c2c(c1)C1C=Cc3c(CC(C)C)cccc3N1OC(C)CC(C)OCC2. The predicted molar refractivity (Wildman–Crippen MR) is 129 cm³/mol. The molecular formula is C28H37NO2. The average molecular weight is 420 g/mol. The molecule has 0 saturated carbocycles. The lowest BCUT2D eigenvalue weighted by Gasteiger charge is -2.38. The van der Waals surface area contributed by atoms with Crippen molar-refractivity contribution in [3.8, 4) is 0 Å². The summed E-state index contributed by atoms with van der Waals surface area (Å²) in [4.78, 5) is 6.68. The van der Waals surface area contributed by atoms with Crippen molar-refractivity contribution < 1.29 is 9.57 Å². The third kappa shape index (κ3) is 4.73. The first-order valence-electron chi connectivity index (χ1n) is 11.8. The van der Waals surface area contributed by atoms with Gasteiger partial charge in [0.05, 0.1) is 24.5 Å². The Morgan fingerprint density at radius 3 is 2.68 bits per heavy atom. The fourth-order valence-corrected chi connectivity index (χ4v) is 5.14. The molecule has 3 unspecified atom stereocenters. The van der Waals surface area contributed by atoms with E-state index in [9.17, 15) is 0 Å². The summed E-state index contributed by atoms with van der Waals surface area (Å²) < 4.78 is 6.16. The third-order valence-corrected chi connectivity index (χ3v) is 6.42. The Balaban J connectivity index is 1.86. The minimum Gasteiger partial charge on any atom is -0.378 e. The van der Waals surface area contributed by atoms with Crippen LogP contribution in [0.4, 0.5) is 5.69 Å². The fraction of sp³-hybridized carbons (Fsp3) is 0.500. The van der Waals surface area contributed by atoms with Gasteiger partial charge in [0.1, 0.15) is 6.04 Å². The van der Waals surface area contributed by atoms with Gasteiger partial charge in [-0.15, -0.1) is 0 Å². The van der Waals surface area contributed by atoms with Crippen LogP contribution in [0.1, 0.15) is 73.5 Å². The van der Waals surface area contributed by atoms with Gasteiger partial charge in [0, 0.05) is 12.0 Å². The predicted octanol–water partition coefficient (Wildman–Crippen LogP) is 6.75. The summed E-state index contributed by atoms with van der Waals surface area (Å²) in [6.07, 6.45) is 7.77. The summed E-state index contributed by atoms with van der Waals surface area (Å²) in [5, 5.41) is 2.18. The van der Waals surface area contributed by atoms with E-state index < -0.39 is 0 Å². The topological polar surface area (TPSA) is 21.7 Å². The van der Waals surface area contributed by atoms with Crippen molar-refractivity contribution in [2.75, 3.05) is 11.7 Å². The highest BCUT2D eigenvalue weighted by Gasteiger charge is 2.31. The number of fused-ring (bicyclic) bond motifs is 5. The molecule has 2 aromatic rings. The van der Waals surface area contributed by atoms with Crippen LogP contribution in [-0.4, -0.2) is 18.8 Å². The van der Waals surface area contributed by atoms with Gasteiger partial charge >= 0.3 is 0 Å². The zero-order valence-electron chi connectivity index (χ0n) is 19.9. The molecule has 0 saturated heterocycles. The monoisotopic (exact) mass is 419 g/mol. The Hall–Kier alpha value is -2.10. The summed E-state index contributed by atoms with van der Waals surface area (Å²) in [6.45, 7) is 14.0. The second kappa shape index (κ2) is 9.18. The van der Waals surface area contributed by atoms with Crippen molar-refractivity contribution in [3.63, 3.8) is 0 Å². The standard InChI is InChI=1S/C28H37NO2/c1-18(2)14-23-8-7-9-27-25(23)10-11-28-26-16-19(3)15-20(4)24(26)12-13-30-21(5)17-22(6)31-29(27)28/h7-11,15-16,18,21-22,28H,12-14,17H2,1-6H3. The van der Waals surface area contributed by atoms with Crippen molar-refractivity contribution >= 4 is 11.8 Å². The summed E-state index contributed by atoms with van der Waals surface area (Å²) in [5.74, 6) is 0.615. The summed E-state index contributed by atoms with van der Waals surface area (Å²) in [7, 11) is 0. The van der Waals surface area contributed by atoms with E-state index in [2.05, 4.69) is 89.1 Å². The molecule has 0 aliphatic carbocycles. The van der Waals surface area contributed by atoms with E-state index in [4.69, 9.17) is 9.57 Å². The molecule has 2 aliphatic heterocycles. The Morgan fingerprint density at radius 1 is 1.10 bits per heavy atom. The maximum Gasteiger partial charge on any atom is 0.100 e. The summed E-state index contributed by atoms with van der Waals surface area (Å²) in [5.41, 5.74) is 9.22. The number of rotatable bonds is 2. The van der Waals surface area contributed by atoms with Crippen LogP contribution in [0.5, 0.6) is 0 Å². The van der Waals surface area contributed by atoms with E-state index in [0.29, 0.717) is 5.92 Å². The normalized spacial score (nSPS) is 23.7. The van der Waals surface area contributed by atoms with Gasteiger partial charge in [0.2, 0.25) is 0 Å². The Labute approximate surface area is 188 Å². The minimum atomic E-state index is 0.0613. The summed E-state index contributed by atoms with van der Waals surface area (Å²) in [6, 6.07) is 11.3. The number of hydrogen-bond donors (Lipinski definition) is 0. The van der Waals surface area contributed by atoms with Crippen LogP contribution in [0.2, 0.25) is 0 Å². The number of hydrogen-bond acceptors (Lipinski definition) is 3. The summed E-state index contributed by atoms with van der Waals surface area (Å²) >= 11 is 0. The number of benzene rings is 2. The van der Waals surface area contributed by atoms with Crippen molar-refractivity contribution in [1.82, 2.24) is 0 Å². The molecule has 3 nitrogen and oxygen atoms in total. The van der Waals surface area contributed by atoms with Crippen LogP contribution in [-0.2, 0) is 22.4 Å². The molecule has 0 amide bonds. The quantitative estimate of drug-likeness (QED) is 0.537. The molecule has 2 aliphatic rings. The number of aryl methyl sites for hydroxylation is 2. The maximum absolute atomic E-state index is 6.68. The van der Waals surface area contributed by atoms with Crippen molar-refractivity contribution in [2.24, 2.45) is 5.92 Å². The average Bonchev–Trinajstić information content (AvgIpc) is 2.71. The Morgan fingerprint density at radius 2 is 1.90 bits per heavy atom. The lowest BCUT2D eigenvalue weighted by Crippen LogP contribution is -2.35. The molecule has 0 N–H and O–H groups in total. The number of hydroxylamine groups is 1. The molecule has 0 fully saturated rings. The van der Waals surface area contributed by atoms with Gasteiger partial charge in [0.15, 0.2) is 0 Å². The Kier molecular flexibility index (Phi) is 6.55. The molecule has 31 heavy (non-hydrogen) atoms. The second-order valence-corrected chi connectivity index (χ2v) is 9.81. The lowest BCUT2D eigenvalue weighted by atomic mass is 9.88. The van der Waals surface area contributed by atoms with Gasteiger partial charge in [-0.2, -0.15) is 0 Å². The van der Waals surface area contributed by atoms with E-state index in [-0.39, 0.29) is 18.2 Å². The third-order valence-electron chi connectivity index (χ3n) is 6.42. The molecule has 0 spiro atoms. The highest BCUT2D eigenvalue weighted by molar-refractivity contribution is 5.75. The Bertz CT molecular complexity index is 962. The fourth-order valence-electron chi connectivity index (χ4n) is 5.14. The molecule has 0 radical (unpaired) electrons. The van der Waals surface area contributed by atoms with Crippen LogP contribution < -0.4 is 5.06 Å². The molecule has 3 atom stereocenters. The van der Waals surface area contributed by atoms with Crippen molar-refractivity contribution in [1.29, 1.82) is 0 Å². The first-order chi connectivity index (χ1) is 14.8. The number of nitrogens with zero attached hydrogens (tertiary/aromatic N) is 1. The molecule has 2 heterocycles. The van der Waals surface area contributed by atoms with E-state index >= 15 is 0 Å². The molecule has 166 valence electrons. The van der Waals surface area contributed by atoms with E-state index in [1.807, 2.05) is 0 Å². The molecule has 0 aromatic heterocycles. The van der Waals surface area contributed by atoms with E-state index in [0.717, 1.165) is 25.9 Å². The molecule has 3 heteroatoms. The largest absolute Gasteiger partial charge is 0.378 e. The van der Waals surface area contributed by atoms with Crippen molar-refractivity contribution in [3.05, 3.63) is 69.8 Å². The molecular weight excluding hydrogens is 382 g/mol. The molecule has 4 rings (SSSR count). The van der Waals surface area contributed by atoms with Crippen LogP contribution in [0, 0.1) is 19.8 Å². The van der Waals surface area contributed by atoms with Gasteiger partial charge in [-0.05, 0) is 74.8 Å². The van der Waals surface area contributed by atoms with Crippen LogP contribution in [0.15, 0.2) is 36.4 Å². The zero-order valence-corrected chi connectivity index (χ0v) is 19.9. The maximum atomic E-state index is 6.68. The number of ether oxygens (including phenoxy) is 1. The van der Waals surface area contributed by atoms with Gasteiger partial charge < -0.3 is 4.74 Å². The first-order valence-corrected chi connectivity index (χ1v) is 11.8. The smallest absolute Gasteiger partial charge is 0.100 e. The minimum absolute atomic E-state index is 0.0613. The van der Waals surface area contributed by atoms with Crippen LogP contribution in [0.25, 0.3) is 6.08 Å². The number of anilines is 1. The molecule has 0 bridgehead atoms. The second-order valence-electron chi connectivity index (χ2n) is 9.81. The first kappa shape index (κ1) is 22.1. The zero-order chi connectivity index (χ0) is 22.1. The lowest BCUT2D eigenvalue weighted by molar-refractivity contribution is -0.0155. The highest BCUT2D eigenvalue weighted by atomic mass is 16.7. The van der Waals surface area contributed by atoms with E-state index in [1.54, 1.807) is 0 Å². The highest BCUT2D eigenvalue weighted by Crippen LogP contribution is 2.41. The van der Waals surface area contributed by atoms with Gasteiger partial charge in [-0.1, -0.05) is 55.8 Å². The van der Waals surface area contributed by atoms with Gasteiger partial charge in [-0.3, -0.25) is 4.84 Å². The van der Waals surface area contributed by atoms with Crippen molar-refractivity contribution in [2.45, 2.75) is 79.1 Å². The van der Waals surface area contributed by atoms with Crippen LogP contribution in [0.3, 0.4) is 0 Å². The van der Waals surface area contributed by atoms with Gasteiger partial charge in [0.25, 0.3) is 0 Å².